The van der Waals surface area contributed by atoms with E-state index < -0.39 is 35.6 Å². The van der Waals surface area contributed by atoms with Crippen molar-refractivity contribution in [2.45, 2.75) is 98.4 Å². The number of carbonyl (C=O) groups is 2. The highest BCUT2D eigenvalue weighted by Gasteiger charge is 2.46. The van der Waals surface area contributed by atoms with Crippen LogP contribution in [-0.4, -0.2) is 90.5 Å². The molecule has 11 nitrogen and oxygen atoms in total. The Morgan fingerprint density at radius 2 is 1.92 bits per heavy atom. The van der Waals surface area contributed by atoms with E-state index in [0.29, 0.717) is 18.9 Å². The van der Waals surface area contributed by atoms with Gasteiger partial charge in [-0.3, -0.25) is 10.1 Å². The lowest BCUT2D eigenvalue weighted by Crippen LogP contribution is -2.62. The van der Waals surface area contributed by atoms with Crippen molar-refractivity contribution in [3.63, 3.8) is 0 Å². The quantitative estimate of drug-likeness (QED) is 0.336. The average Bonchev–Trinajstić information content (AvgIpc) is 3.33. The number of aliphatic hydroxyl groups is 1. The molecule has 0 aromatic rings. The summed E-state index contributed by atoms with van der Waals surface area (Å²) >= 11 is 0. The molecule has 4 unspecified atom stereocenters. The van der Waals surface area contributed by atoms with Gasteiger partial charge in [0.15, 0.2) is 6.29 Å². The van der Waals surface area contributed by atoms with Crippen LogP contribution >= 0.6 is 0 Å². The Balaban J connectivity index is 2.39. The highest BCUT2D eigenvalue weighted by Crippen LogP contribution is 2.30. The first-order chi connectivity index (χ1) is 18.0. The number of methoxy groups -OCH3 is 1. The van der Waals surface area contributed by atoms with Gasteiger partial charge in [0.2, 0.25) is 5.91 Å². The largest absolute Gasteiger partial charge is 0.497 e. The molecule has 0 bridgehead atoms. The number of amidine groups is 1. The third-order valence-corrected chi connectivity index (χ3v) is 6.35. The van der Waals surface area contributed by atoms with E-state index in [1.807, 2.05) is 47.6 Å². The fourth-order valence-corrected chi connectivity index (χ4v) is 4.29. The molecule has 0 aromatic heterocycles. The van der Waals surface area contributed by atoms with Gasteiger partial charge in [-0.05, 0) is 39.7 Å². The van der Waals surface area contributed by atoms with Gasteiger partial charge in [0, 0.05) is 44.8 Å². The number of aliphatic hydroxyl groups excluding tert-OH is 1. The topological polar surface area (TPSA) is 134 Å². The van der Waals surface area contributed by atoms with Crippen LogP contribution in [0.2, 0.25) is 0 Å². The van der Waals surface area contributed by atoms with E-state index in [2.05, 4.69) is 15.6 Å². The van der Waals surface area contributed by atoms with E-state index in [0.717, 1.165) is 6.42 Å². The van der Waals surface area contributed by atoms with Crippen LogP contribution in [0.15, 0.2) is 22.3 Å². The first-order valence-corrected chi connectivity index (χ1v) is 13.6. The second-order valence-electron chi connectivity index (χ2n) is 12.8. The first-order valence-electron chi connectivity index (χ1n) is 13.6. The molecule has 0 spiro atoms. The van der Waals surface area contributed by atoms with Gasteiger partial charge in [0.05, 0.1) is 12.3 Å². The minimum Gasteiger partial charge on any atom is -0.497 e. The SMILES string of the molecule is COC(O)[C@@H](CNC(=O)OC(C)(C)C)N(CC(C)C)C(=O)C1C=NC(C(C)(C)C)=NC1(C)NCC1CC=CO1. The zero-order chi connectivity index (χ0) is 29.6. The molecule has 2 aliphatic heterocycles. The third kappa shape index (κ3) is 9.58. The Hall–Kier alpha value is -2.50. The molecule has 0 saturated carbocycles. The predicted octanol–water partition coefficient (Wildman–Crippen LogP) is 3.08. The molecule has 0 saturated heterocycles. The third-order valence-electron chi connectivity index (χ3n) is 6.35. The van der Waals surface area contributed by atoms with Gasteiger partial charge in [-0.2, -0.15) is 0 Å². The molecule has 2 heterocycles. The summed E-state index contributed by atoms with van der Waals surface area (Å²) in [6.45, 7) is 17.9. The van der Waals surface area contributed by atoms with Crippen molar-refractivity contribution in [2.24, 2.45) is 27.2 Å². The fourth-order valence-electron chi connectivity index (χ4n) is 4.29. The normalized spacial score (nSPS) is 24.7. The van der Waals surface area contributed by atoms with Crippen molar-refractivity contribution in [1.29, 1.82) is 0 Å². The number of amides is 2. The molecule has 0 fully saturated rings. The fraction of sp³-hybridized carbons (Fsp3) is 0.786. The van der Waals surface area contributed by atoms with Crippen molar-refractivity contribution >= 4 is 24.1 Å². The molecule has 222 valence electrons. The molecule has 0 aromatic carbocycles. The van der Waals surface area contributed by atoms with Crippen LogP contribution in [0.4, 0.5) is 4.79 Å². The maximum atomic E-state index is 14.3. The van der Waals surface area contributed by atoms with Crippen LogP contribution in [0.1, 0.15) is 68.7 Å². The van der Waals surface area contributed by atoms with Gasteiger partial charge in [-0.1, -0.05) is 34.6 Å². The molecule has 0 radical (unpaired) electrons. The number of ether oxygens (including phenoxy) is 3. The van der Waals surface area contributed by atoms with E-state index in [1.165, 1.54) is 7.11 Å². The number of hydrogen-bond acceptors (Lipinski definition) is 9. The maximum absolute atomic E-state index is 14.3. The number of alkyl carbamates (subject to hydrolysis) is 1. The van der Waals surface area contributed by atoms with E-state index in [1.54, 1.807) is 38.1 Å². The molecule has 5 atom stereocenters. The molecular formula is C28H49N5O6. The van der Waals surface area contributed by atoms with Gasteiger partial charge < -0.3 is 29.5 Å². The maximum Gasteiger partial charge on any atom is 0.407 e. The molecule has 3 N–H and O–H groups in total. The van der Waals surface area contributed by atoms with Gasteiger partial charge in [-0.15, -0.1) is 0 Å². The van der Waals surface area contributed by atoms with Crippen molar-refractivity contribution in [1.82, 2.24) is 15.5 Å². The lowest BCUT2D eigenvalue weighted by atomic mass is 9.88. The minimum atomic E-state index is -1.35. The molecule has 2 aliphatic rings. The van der Waals surface area contributed by atoms with Crippen molar-refractivity contribution in [2.75, 3.05) is 26.7 Å². The predicted molar refractivity (Wildman–Crippen MR) is 152 cm³/mol. The van der Waals surface area contributed by atoms with Gasteiger partial charge >= 0.3 is 6.09 Å². The molecule has 2 rings (SSSR count). The molecule has 11 heteroatoms. The van der Waals surface area contributed by atoms with E-state index >= 15 is 0 Å². The standard InChI is InChI=1S/C28H49N5O6/c1-18(2)17-33(21(23(35)37-10)16-30-25(36)39-27(6,7)8)22(34)20-15-29-24(26(3,4)5)32-28(20,9)31-14-19-12-11-13-38-19/h11,13,15,18-21,23,31,35H,12,14,16-17H2,1-10H3,(H,30,36)/t19?,20?,21-,23?,28?/m1/s1. The summed E-state index contributed by atoms with van der Waals surface area (Å²) in [5.41, 5.74) is -2.05. The number of carbonyl (C=O) groups excluding carboxylic acids is 2. The van der Waals surface area contributed by atoms with Gasteiger partial charge in [0.1, 0.15) is 29.1 Å². The van der Waals surface area contributed by atoms with Crippen LogP contribution in [0.5, 0.6) is 0 Å². The molecule has 0 aliphatic carbocycles. The number of hydrogen-bond donors (Lipinski definition) is 3. The van der Waals surface area contributed by atoms with Crippen LogP contribution in [0.25, 0.3) is 0 Å². The molecule has 2 amide bonds. The second kappa shape index (κ2) is 13.2. The summed E-state index contributed by atoms with van der Waals surface area (Å²) < 4.78 is 16.2. The van der Waals surface area contributed by atoms with Crippen molar-refractivity contribution < 1.29 is 28.9 Å². The van der Waals surface area contributed by atoms with E-state index in [9.17, 15) is 14.7 Å². The Labute approximate surface area is 233 Å². The number of nitrogens with one attached hydrogen (secondary N) is 2. The summed E-state index contributed by atoms with van der Waals surface area (Å²) in [4.78, 5) is 37.8. The Morgan fingerprint density at radius 1 is 1.26 bits per heavy atom. The summed E-state index contributed by atoms with van der Waals surface area (Å²) in [5.74, 6) is -0.391. The number of rotatable bonds is 11. The van der Waals surface area contributed by atoms with Gasteiger partial charge in [-0.25, -0.2) is 14.8 Å². The molecular weight excluding hydrogens is 502 g/mol. The zero-order valence-electron chi connectivity index (χ0n) is 25.3. The van der Waals surface area contributed by atoms with Crippen molar-refractivity contribution in [3.8, 4) is 0 Å². The lowest BCUT2D eigenvalue weighted by molar-refractivity contribution is -0.157. The lowest BCUT2D eigenvalue weighted by Gasteiger charge is -2.42. The Bertz CT molecular complexity index is 928. The Kier molecular flexibility index (Phi) is 11.1. The Morgan fingerprint density at radius 3 is 2.44 bits per heavy atom. The minimum absolute atomic E-state index is 0.0578. The van der Waals surface area contributed by atoms with Crippen LogP contribution < -0.4 is 10.6 Å². The monoisotopic (exact) mass is 551 g/mol. The van der Waals surface area contributed by atoms with Crippen LogP contribution in [0.3, 0.4) is 0 Å². The number of aliphatic imine (C=N–C) groups is 2. The smallest absolute Gasteiger partial charge is 0.407 e. The summed E-state index contributed by atoms with van der Waals surface area (Å²) in [5, 5.41) is 17.0. The van der Waals surface area contributed by atoms with Crippen LogP contribution in [0, 0.1) is 17.3 Å². The summed E-state index contributed by atoms with van der Waals surface area (Å²) in [6.07, 6.45) is 3.99. The van der Waals surface area contributed by atoms with Crippen LogP contribution in [-0.2, 0) is 19.0 Å². The average molecular weight is 552 g/mol. The van der Waals surface area contributed by atoms with E-state index in [4.69, 9.17) is 19.2 Å². The molecule has 39 heavy (non-hydrogen) atoms. The highest BCUT2D eigenvalue weighted by molar-refractivity contribution is 6.04. The van der Waals surface area contributed by atoms with Crippen molar-refractivity contribution in [3.05, 3.63) is 12.3 Å². The first kappa shape index (κ1) is 32.7. The zero-order valence-corrected chi connectivity index (χ0v) is 25.3. The highest BCUT2D eigenvalue weighted by atomic mass is 16.6. The summed E-state index contributed by atoms with van der Waals surface area (Å²) in [7, 11) is 1.35. The number of nitrogens with zero attached hydrogens (tertiary/aromatic N) is 3. The van der Waals surface area contributed by atoms with E-state index in [-0.39, 0.29) is 29.9 Å². The second-order valence-corrected chi connectivity index (χ2v) is 12.8. The van der Waals surface area contributed by atoms with Gasteiger partial charge in [0.25, 0.3) is 0 Å². The summed E-state index contributed by atoms with van der Waals surface area (Å²) in [6, 6.07) is -0.884.